The Labute approximate surface area is 130 Å². The minimum absolute atomic E-state index is 0.535. The van der Waals surface area contributed by atoms with Crippen molar-refractivity contribution in [1.82, 2.24) is 5.32 Å². The molecule has 1 aliphatic rings. The van der Waals surface area contributed by atoms with E-state index in [2.05, 4.69) is 30.1 Å². The molecule has 0 amide bonds. The molecule has 1 saturated heterocycles. The van der Waals surface area contributed by atoms with Gasteiger partial charge in [-0.15, -0.1) is 0 Å². The van der Waals surface area contributed by atoms with Gasteiger partial charge in [-0.25, -0.2) is 0 Å². The van der Waals surface area contributed by atoms with Crippen LogP contribution < -0.4 is 5.32 Å². The minimum Gasteiger partial charge on any atom is -0.313 e. The van der Waals surface area contributed by atoms with Gasteiger partial charge in [0.25, 0.3) is 0 Å². The number of nitrogens with one attached hydrogen (secondary N) is 1. The quantitative estimate of drug-likeness (QED) is 0.837. The molecule has 0 saturated carbocycles. The first kappa shape index (κ1) is 15.5. The summed E-state index contributed by atoms with van der Waals surface area (Å²) in [5.74, 6) is 1.30. The largest absolute Gasteiger partial charge is 0.313 e. The lowest BCUT2D eigenvalue weighted by atomic mass is 9.99. The van der Waals surface area contributed by atoms with E-state index in [1.807, 2.05) is 12.1 Å². The average molecular weight is 318 g/mol. The highest BCUT2D eigenvalue weighted by atomic mass is 35.5. The van der Waals surface area contributed by atoms with Gasteiger partial charge in [0.2, 0.25) is 0 Å². The zero-order valence-corrected chi connectivity index (χ0v) is 13.6. The van der Waals surface area contributed by atoms with E-state index in [-0.39, 0.29) is 0 Å². The Morgan fingerprint density at radius 2 is 2.16 bits per heavy atom. The third-order valence-electron chi connectivity index (χ3n) is 3.57. The first-order chi connectivity index (χ1) is 9.20. The van der Waals surface area contributed by atoms with E-state index in [1.54, 1.807) is 0 Å². The monoisotopic (exact) mass is 317 g/mol. The zero-order valence-electron chi connectivity index (χ0n) is 11.3. The number of likely N-dealkylation sites (N-methyl/N-ethyl adjacent to an activating group) is 1. The summed E-state index contributed by atoms with van der Waals surface area (Å²) < 4.78 is 0. The second kappa shape index (κ2) is 7.78. The van der Waals surface area contributed by atoms with Gasteiger partial charge in [0.1, 0.15) is 0 Å². The number of benzene rings is 1. The van der Waals surface area contributed by atoms with Crippen LogP contribution in [0, 0.1) is 0 Å². The van der Waals surface area contributed by atoms with Crippen LogP contribution in [0.15, 0.2) is 18.2 Å². The molecular formula is C15H21Cl2NS. The van der Waals surface area contributed by atoms with Crippen LogP contribution in [0.25, 0.3) is 0 Å². The fourth-order valence-corrected chi connectivity index (χ4v) is 4.35. The van der Waals surface area contributed by atoms with Crippen LogP contribution in [-0.2, 0) is 6.42 Å². The smallest absolute Gasteiger partial charge is 0.0595 e. The molecule has 1 fully saturated rings. The Kier molecular flexibility index (Phi) is 6.34. The van der Waals surface area contributed by atoms with E-state index >= 15 is 0 Å². The van der Waals surface area contributed by atoms with Gasteiger partial charge in [0, 0.05) is 11.3 Å². The van der Waals surface area contributed by atoms with E-state index in [4.69, 9.17) is 23.2 Å². The van der Waals surface area contributed by atoms with Crippen molar-refractivity contribution >= 4 is 35.0 Å². The summed E-state index contributed by atoms with van der Waals surface area (Å²) in [5, 5.41) is 5.66. The maximum absolute atomic E-state index is 6.10. The van der Waals surface area contributed by atoms with Crippen molar-refractivity contribution in [1.29, 1.82) is 0 Å². The predicted molar refractivity (Wildman–Crippen MR) is 87.7 cm³/mol. The molecule has 4 heteroatoms. The lowest BCUT2D eigenvalue weighted by molar-refractivity contribution is 0.472. The highest BCUT2D eigenvalue weighted by Crippen LogP contribution is 2.30. The zero-order chi connectivity index (χ0) is 13.7. The van der Waals surface area contributed by atoms with E-state index in [0.717, 1.165) is 18.2 Å². The molecule has 1 aromatic rings. The average Bonchev–Trinajstić information content (AvgIpc) is 2.43. The van der Waals surface area contributed by atoms with E-state index in [1.165, 1.54) is 30.6 Å². The molecule has 0 bridgehead atoms. The Morgan fingerprint density at radius 3 is 2.79 bits per heavy atom. The molecule has 2 rings (SSSR count). The number of rotatable bonds is 5. The molecule has 1 nitrogen and oxygen atoms in total. The lowest BCUT2D eigenvalue weighted by Gasteiger charge is -2.30. The fourth-order valence-electron chi connectivity index (χ4n) is 2.60. The van der Waals surface area contributed by atoms with E-state index in [9.17, 15) is 0 Å². The van der Waals surface area contributed by atoms with E-state index < -0.39 is 0 Å². The fraction of sp³-hybridized carbons (Fsp3) is 0.600. The Hall–Kier alpha value is 0.110. The summed E-state index contributed by atoms with van der Waals surface area (Å²) in [5.41, 5.74) is 1.27. The lowest BCUT2D eigenvalue weighted by Crippen LogP contribution is -2.41. The van der Waals surface area contributed by atoms with Gasteiger partial charge >= 0.3 is 0 Å². The van der Waals surface area contributed by atoms with Gasteiger partial charge in [-0.3, -0.25) is 0 Å². The summed E-state index contributed by atoms with van der Waals surface area (Å²) in [4.78, 5) is 0. The van der Waals surface area contributed by atoms with Gasteiger partial charge in [0.05, 0.1) is 10.0 Å². The van der Waals surface area contributed by atoms with Gasteiger partial charge in [0.15, 0.2) is 0 Å². The molecule has 0 aliphatic carbocycles. The molecule has 0 spiro atoms. The molecule has 2 unspecified atom stereocenters. The van der Waals surface area contributed by atoms with Crippen molar-refractivity contribution in [3.63, 3.8) is 0 Å². The van der Waals surface area contributed by atoms with Crippen molar-refractivity contribution < 1.29 is 0 Å². The van der Waals surface area contributed by atoms with Crippen LogP contribution in [0.4, 0.5) is 0 Å². The standard InChI is InChI=1S/C15H21Cl2NS/c1-2-18-14(15-5-3-4-8-19-15)10-11-6-7-12(16)13(17)9-11/h6-7,9,14-15,18H,2-5,8,10H2,1H3. The summed E-state index contributed by atoms with van der Waals surface area (Å²) in [6.07, 6.45) is 5.08. The van der Waals surface area contributed by atoms with Crippen molar-refractivity contribution in [3.05, 3.63) is 33.8 Å². The van der Waals surface area contributed by atoms with Gasteiger partial charge in [-0.1, -0.05) is 42.6 Å². The van der Waals surface area contributed by atoms with Crippen molar-refractivity contribution in [2.45, 2.75) is 43.9 Å². The third kappa shape index (κ3) is 4.56. The normalized spacial score (nSPS) is 21.3. The number of hydrogen-bond acceptors (Lipinski definition) is 2. The topological polar surface area (TPSA) is 12.0 Å². The Balaban J connectivity index is 2.04. The second-order valence-corrected chi connectivity index (χ2v) is 7.18. The molecule has 1 aromatic carbocycles. The van der Waals surface area contributed by atoms with Crippen LogP contribution in [0.1, 0.15) is 31.7 Å². The molecule has 0 aromatic heterocycles. The highest BCUT2D eigenvalue weighted by Gasteiger charge is 2.23. The van der Waals surface area contributed by atoms with Gasteiger partial charge < -0.3 is 5.32 Å². The summed E-state index contributed by atoms with van der Waals surface area (Å²) >= 11 is 14.2. The molecule has 1 N–H and O–H groups in total. The molecule has 106 valence electrons. The number of hydrogen-bond donors (Lipinski definition) is 1. The maximum Gasteiger partial charge on any atom is 0.0595 e. The molecule has 1 aliphatic heterocycles. The summed E-state index contributed by atoms with van der Waals surface area (Å²) in [6, 6.07) is 6.52. The van der Waals surface area contributed by atoms with Crippen LogP contribution in [0.2, 0.25) is 10.0 Å². The molecule has 2 atom stereocenters. The van der Waals surface area contributed by atoms with Crippen LogP contribution in [0.5, 0.6) is 0 Å². The van der Waals surface area contributed by atoms with Crippen LogP contribution >= 0.6 is 35.0 Å². The molecule has 1 heterocycles. The first-order valence-corrected chi connectivity index (χ1v) is 8.80. The third-order valence-corrected chi connectivity index (χ3v) is 5.83. The van der Waals surface area contributed by atoms with Gasteiger partial charge in [-0.05, 0) is 49.3 Å². The van der Waals surface area contributed by atoms with Crippen molar-refractivity contribution in [2.75, 3.05) is 12.3 Å². The molecular weight excluding hydrogens is 297 g/mol. The number of halogens is 2. The second-order valence-electron chi connectivity index (χ2n) is 5.02. The number of thioether (sulfide) groups is 1. The van der Waals surface area contributed by atoms with E-state index in [0.29, 0.717) is 16.1 Å². The van der Waals surface area contributed by atoms with Gasteiger partial charge in [-0.2, -0.15) is 11.8 Å². The predicted octanol–water partition coefficient (Wildman–Crippen LogP) is 4.80. The minimum atomic E-state index is 0.535. The summed E-state index contributed by atoms with van der Waals surface area (Å²) in [7, 11) is 0. The highest BCUT2D eigenvalue weighted by molar-refractivity contribution is 8.00. The summed E-state index contributed by atoms with van der Waals surface area (Å²) in [6.45, 7) is 3.19. The SMILES string of the molecule is CCNC(Cc1ccc(Cl)c(Cl)c1)C1CCCCS1. The molecule has 19 heavy (non-hydrogen) atoms. The van der Waals surface area contributed by atoms with Crippen LogP contribution in [0.3, 0.4) is 0 Å². The Morgan fingerprint density at radius 1 is 1.32 bits per heavy atom. The maximum atomic E-state index is 6.10. The van der Waals surface area contributed by atoms with Crippen molar-refractivity contribution in [2.24, 2.45) is 0 Å². The molecule has 0 radical (unpaired) electrons. The first-order valence-electron chi connectivity index (χ1n) is 6.99. The van der Waals surface area contributed by atoms with Crippen LogP contribution in [-0.4, -0.2) is 23.6 Å². The van der Waals surface area contributed by atoms with Crippen molar-refractivity contribution in [3.8, 4) is 0 Å². The Bertz CT molecular complexity index is 405.